The predicted molar refractivity (Wildman–Crippen MR) is 72.6 cm³/mol. The summed E-state index contributed by atoms with van der Waals surface area (Å²) < 4.78 is 2.12. The Balaban J connectivity index is 0.00000144. The molecule has 1 saturated heterocycles. The van der Waals surface area contributed by atoms with Crippen molar-refractivity contribution < 1.29 is 0 Å². The first-order valence-electron chi connectivity index (χ1n) is 6.12. The maximum absolute atomic E-state index is 4.37. The quantitative estimate of drug-likeness (QED) is 0.892. The Labute approximate surface area is 110 Å². The zero-order chi connectivity index (χ0) is 11.5. The third kappa shape index (κ3) is 3.44. The van der Waals surface area contributed by atoms with Gasteiger partial charge >= 0.3 is 0 Å². The Morgan fingerprint density at radius 3 is 2.88 bits per heavy atom. The molecule has 0 spiro atoms. The molecule has 0 aliphatic carbocycles. The lowest BCUT2D eigenvalue weighted by Gasteiger charge is -2.18. The van der Waals surface area contributed by atoms with Crippen molar-refractivity contribution in [1.29, 1.82) is 0 Å². The Hall–Kier alpha value is -0.580. The largest absolute Gasteiger partial charge is 0.316 e. The van der Waals surface area contributed by atoms with Crippen LogP contribution >= 0.6 is 12.4 Å². The lowest BCUT2D eigenvalue weighted by atomic mass is 10.3. The van der Waals surface area contributed by atoms with Gasteiger partial charge in [0, 0.05) is 37.9 Å². The van der Waals surface area contributed by atoms with Gasteiger partial charge in [-0.1, -0.05) is 0 Å². The summed E-state index contributed by atoms with van der Waals surface area (Å²) in [7, 11) is 2.05. The minimum atomic E-state index is 0. The Morgan fingerprint density at radius 2 is 2.29 bits per heavy atom. The molecule has 4 nitrogen and oxygen atoms in total. The predicted octanol–water partition coefficient (Wildman–Crippen LogP) is 1.68. The van der Waals surface area contributed by atoms with Crippen molar-refractivity contribution in [3.63, 3.8) is 0 Å². The average Bonchev–Trinajstić information content (AvgIpc) is 2.87. The fourth-order valence-electron chi connectivity index (χ4n) is 2.37. The second-order valence-corrected chi connectivity index (χ2v) is 4.87. The number of hydrogen-bond acceptors (Lipinski definition) is 3. The molecule has 5 heteroatoms. The standard InChI is InChI=1S/C12H22N4.ClH/c1-10(2)16-12(4-6-14-16)9-15-7-5-11(8-15)13-3;/h4,6,10-11,13H,5,7-9H2,1-3H3;1H. The van der Waals surface area contributed by atoms with Crippen molar-refractivity contribution in [3.8, 4) is 0 Å². The monoisotopic (exact) mass is 258 g/mol. The van der Waals surface area contributed by atoms with Crippen molar-refractivity contribution in [2.75, 3.05) is 20.1 Å². The van der Waals surface area contributed by atoms with Crippen LogP contribution in [0, 0.1) is 0 Å². The minimum Gasteiger partial charge on any atom is -0.316 e. The maximum atomic E-state index is 4.37. The number of hydrogen-bond donors (Lipinski definition) is 1. The van der Waals surface area contributed by atoms with Gasteiger partial charge in [0.05, 0.1) is 5.69 Å². The van der Waals surface area contributed by atoms with E-state index in [0.29, 0.717) is 12.1 Å². The molecule has 2 heterocycles. The average molecular weight is 259 g/mol. The van der Waals surface area contributed by atoms with Gasteiger partial charge in [-0.05, 0) is 33.4 Å². The molecule has 0 radical (unpaired) electrons. The molecular formula is C12H23ClN4. The molecule has 0 saturated carbocycles. The second kappa shape index (κ2) is 6.38. The summed E-state index contributed by atoms with van der Waals surface area (Å²) in [5.74, 6) is 0. The van der Waals surface area contributed by atoms with Gasteiger partial charge in [-0.15, -0.1) is 12.4 Å². The highest BCUT2D eigenvalue weighted by molar-refractivity contribution is 5.85. The smallest absolute Gasteiger partial charge is 0.0527 e. The second-order valence-electron chi connectivity index (χ2n) is 4.87. The fourth-order valence-corrected chi connectivity index (χ4v) is 2.37. The number of likely N-dealkylation sites (tertiary alicyclic amines) is 1. The van der Waals surface area contributed by atoms with Crippen LogP contribution in [0.25, 0.3) is 0 Å². The number of rotatable bonds is 4. The molecule has 1 aliphatic rings. The SMILES string of the molecule is CNC1CCN(Cc2ccnn2C(C)C)C1.Cl. The van der Waals surface area contributed by atoms with Crippen LogP contribution in [0.4, 0.5) is 0 Å². The Bertz CT molecular complexity index is 337. The zero-order valence-electron chi connectivity index (χ0n) is 10.9. The normalized spacial score (nSPS) is 20.8. The molecule has 17 heavy (non-hydrogen) atoms. The summed E-state index contributed by atoms with van der Waals surface area (Å²) in [6.45, 7) is 7.72. The summed E-state index contributed by atoms with van der Waals surface area (Å²) in [4.78, 5) is 2.50. The van der Waals surface area contributed by atoms with E-state index < -0.39 is 0 Å². The highest BCUT2D eigenvalue weighted by Crippen LogP contribution is 2.15. The van der Waals surface area contributed by atoms with E-state index in [4.69, 9.17) is 0 Å². The van der Waals surface area contributed by atoms with Crippen molar-refractivity contribution >= 4 is 12.4 Å². The summed E-state index contributed by atoms with van der Waals surface area (Å²) >= 11 is 0. The molecule has 1 aromatic rings. The molecule has 0 bridgehead atoms. The van der Waals surface area contributed by atoms with E-state index in [-0.39, 0.29) is 12.4 Å². The summed E-state index contributed by atoms with van der Waals surface area (Å²) in [6, 6.07) is 3.25. The van der Waals surface area contributed by atoms with Crippen LogP contribution in [0.3, 0.4) is 0 Å². The van der Waals surface area contributed by atoms with E-state index in [1.807, 2.05) is 13.2 Å². The lowest BCUT2D eigenvalue weighted by Crippen LogP contribution is -2.30. The van der Waals surface area contributed by atoms with E-state index in [1.165, 1.54) is 18.7 Å². The fraction of sp³-hybridized carbons (Fsp3) is 0.750. The van der Waals surface area contributed by atoms with Crippen molar-refractivity contribution in [2.24, 2.45) is 0 Å². The van der Waals surface area contributed by atoms with E-state index in [0.717, 1.165) is 13.1 Å². The molecule has 1 aromatic heterocycles. The lowest BCUT2D eigenvalue weighted by molar-refractivity contribution is 0.306. The van der Waals surface area contributed by atoms with Gasteiger partial charge in [-0.2, -0.15) is 5.10 Å². The first-order valence-corrected chi connectivity index (χ1v) is 6.12. The van der Waals surface area contributed by atoms with Gasteiger partial charge in [0.2, 0.25) is 0 Å². The number of nitrogens with zero attached hydrogens (tertiary/aromatic N) is 3. The van der Waals surface area contributed by atoms with Crippen LogP contribution in [0.15, 0.2) is 12.3 Å². The molecule has 0 amide bonds. The van der Waals surface area contributed by atoms with Crippen molar-refractivity contribution in [3.05, 3.63) is 18.0 Å². The molecule has 1 aliphatic heterocycles. The van der Waals surface area contributed by atoms with Crippen LogP contribution < -0.4 is 5.32 Å². The van der Waals surface area contributed by atoms with Crippen LogP contribution in [0.1, 0.15) is 32.0 Å². The molecular weight excluding hydrogens is 236 g/mol. The van der Waals surface area contributed by atoms with E-state index in [1.54, 1.807) is 0 Å². The highest BCUT2D eigenvalue weighted by atomic mass is 35.5. The van der Waals surface area contributed by atoms with Gasteiger partial charge in [0.1, 0.15) is 0 Å². The number of aromatic nitrogens is 2. The number of nitrogens with one attached hydrogen (secondary N) is 1. The van der Waals surface area contributed by atoms with Gasteiger partial charge in [-0.3, -0.25) is 9.58 Å². The Morgan fingerprint density at radius 1 is 1.53 bits per heavy atom. The van der Waals surface area contributed by atoms with Crippen LogP contribution in [0.5, 0.6) is 0 Å². The summed E-state index contributed by atoms with van der Waals surface area (Å²) in [5.41, 5.74) is 1.33. The third-order valence-electron chi connectivity index (χ3n) is 3.31. The first-order chi connectivity index (χ1) is 7.70. The van der Waals surface area contributed by atoms with E-state index in [9.17, 15) is 0 Å². The van der Waals surface area contributed by atoms with Gasteiger partial charge in [-0.25, -0.2) is 0 Å². The molecule has 98 valence electrons. The highest BCUT2D eigenvalue weighted by Gasteiger charge is 2.21. The molecule has 1 atom stereocenters. The molecule has 2 rings (SSSR count). The third-order valence-corrected chi connectivity index (χ3v) is 3.31. The topological polar surface area (TPSA) is 33.1 Å². The van der Waals surface area contributed by atoms with Crippen molar-refractivity contribution in [2.45, 2.75) is 38.9 Å². The van der Waals surface area contributed by atoms with E-state index in [2.05, 4.69) is 39.9 Å². The molecule has 1 unspecified atom stereocenters. The van der Waals surface area contributed by atoms with Gasteiger partial charge in [0.25, 0.3) is 0 Å². The molecule has 1 fully saturated rings. The maximum Gasteiger partial charge on any atom is 0.0527 e. The van der Waals surface area contributed by atoms with Crippen LogP contribution in [-0.2, 0) is 6.54 Å². The van der Waals surface area contributed by atoms with Crippen LogP contribution in [0.2, 0.25) is 0 Å². The van der Waals surface area contributed by atoms with E-state index >= 15 is 0 Å². The Kier molecular flexibility index (Phi) is 5.43. The van der Waals surface area contributed by atoms with Gasteiger partial charge < -0.3 is 5.32 Å². The molecule has 0 aromatic carbocycles. The molecule has 1 N–H and O–H groups in total. The number of halogens is 1. The van der Waals surface area contributed by atoms with Gasteiger partial charge in [0.15, 0.2) is 0 Å². The zero-order valence-corrected chi connectivity index (χ0v) is 11.7. The first kappa shape index (κ1) is 14.5. The summed E-state index contributed by atoms with van der Waals surface area (Å²) in [6.07, 6.45) is 3.16. The van der Waals surface area contributed by atoms with Crippen molar-refractivity contribution in [1.82, 2.24) is 20.0 Å². The minimum absolute atomic E-state index is 0. The van der Waals surface area contributed by atoms with Crippen LogP contribution in [-0.4, -0.2) is 40.9 Å². The summed E-state index contributed by atoms with van der Waals surface area (Å²) in [5, 5.41) is 7.72. The number of likely N-dealkylation sites (N-methyl/N-ethyl adjacent to an activating group) is 1.